The Morgan fingerprint density at radius 2 is 2.14 bits per heavy atom. The van der Waals surface area contributed by atoms with Gasteiger partial charge >= 0.3 is 0 Å². The molecule has 1 aromatic carbocycles. The second-order valence-electron chi connectivity index (χ2n) is 6.54. The van der Waals surface area contributed by atoms with Crippen molar-refractivity contribution >= 4 is 5.91 Å². The molecule has 1 aromatic rings. The molecule has 1 atom stereocenters. The van der Waals surface area contributed by atoms with Crippen molar-refractivity contribution in [3.05, 3.63) is 34.9 Å². The normalized spacial score (nSPS) is 18.2. The Bertz CT molecular complexity index is 490. The standard InChI is InChI=1S/C18H28N2O/c1-13(2)20(12-17-6-5-9-19-17)18(21)11-16-10-14(3)7-8-15(16)4/h7-8,10,13,17,19H,5-6,9,11-12H2,1-4H3. The number of amides is 1. The highest BCUT2D eigenvalue weighted by Gasteiger charge is 2.23. The van der Waals surface area contributed by atoms with Crippen molar-refractivity contribution in [2.75, 3.05) is 13.1 Å². The lowest BCUT2D eigenvalue weighted by atomic mass is 10.0. The molecule has 1 amide bonds. The lowest BCUT2D eigenvalue weighted by molar-refractivity contribution is -0.132. The molecule has 0 saturated carbocycles. The van der Waals surface area contributed by atoms with E-state index in [-0.39, 0.29) is 11.9 Å². The molecule has 1 N–H and O–H groups in total. The SMILES string of the molecule is Cc1ccc(C)c(CC(=O)N(CC2CCCN2)C(C)C)c1. The molecule has 1 fully saturated rings. The largest absolute Gasteiger partial charge is 0.338 e. The third-order valence-electron chi connectivity index (χ3n) is 4.37. The first-order valence-corrected chi connectivity index (χ1v) is 8.06. The first kappa shape index (κ1) is 16.0. The number of aryl methyl sites for hydroxylation is 2. The van der Waals surface area contributed by atoms with Gasteiger partial charge in [0.15, 0.2) is 0 Å². The van der Waals surface area contributed by atoms with E-state index in [1.165, 1.54) is 24.0 Å². The quantitative estimate of drug-likeness (QED) is 0.903. The lowest BCUT2D eigenvalue weighted by Gasteiger charge is -2.30. The summed E-state index contributed by atoms with van der Waals surface area (Å²) in [7, 11) is 0. The Morgan fingerprint density at radius 1 is 1.38 bits per heavy atom. The third kappa shape index (κ3) is 4.31. The predicted octanol–water partition coefficient (Wildman–Crippen LogP) is 2.83. The minimum Gasteiger partial charge on any atom is -0.338 e. The molecule has 1 aliphatic rings. The van der Waals surface area contributed by atoms with Crippen LogP contribution in [0.15, 0.2) is 18.2 Å². The molecule has 1 aliphatic heterocycles. The molecule has 1 unspecified atom stereocenters. The van der Waals surface area contributed by atoms with Gasteiger partial charge in [-0.25, -0.2) is 0 Å². The van der Waals surface area contributed by atoms with Gasteiger partial charge in [-0.05, 0) is 58.2 Å². The van der Waals surface area contributed by atoms with Gasteiger partial charge in [0.25, 0.3) is 0 Å². The van der Waals surface area contributed by atoms with Gasteiger partial charge in [-0.2, -0.15) is 0 Å². The molecule has 3 heteroatoms. The maximum Gasteiger partial charge on any atom is 0.227 e. The average molecular weight is 288 g/mol. The van der Waals surface area contributed by atoms with Crippen molar-refractivity contribution in [2.45, 2.75) is 59.0 Å². The molecule has 0 aromatic heterocycles. The van der Waals surface area contributed by atoms with Crippen LogP contribution < -0.4 is 5.32 Å². The third-order valence-corrected chi connectivity index (χ3v) is 4.37. The molecule has 3 nitrogen and oxygen atoms in total. The van der Waals surface area contributed by atoms with Crippen LogP contribution in [0.25, 0.3) is 0 Å². The molecular formula is C18H28N2O. The van der Waals surface area contributed by atoms with E-state index in [9.17, 15) is 4.79 Å². The van der Waals surface area contributed by atoms with E-state index < -0.39 is 0 Å². The number of rotatable bonds is 5. The zero-order valence-corrected chi connectivity index (χ0v) is 13.8. The van der Waals surface area contributed by atoms with Crippen molar-refractivity contribution in [2.24, 2.45) is 0 Å². The van der Waals surface area contributed by atoms with Crippen LogP contribution in [0.2, 0.25) is 0 Å². The van der Waals surface area contributed by atoms with Crippen LogP contribution in [0.4, 0.5) is 0 Å². The fourth-order valence-corrected chi connectivity index (χ4v) is 3.01. The van der Waals surface area contributed by atoms with E-state index >= 15 is 0 Å². The summed E-state index contributed by atoms with van der Waals surface area (Å²) in [5.41, 5.74) is 3.58. The van der Waals surface area contributed by atoms with Gasteiger partial charge in [-0.15, -0.1) is 0 Å². The molecule has 2 rings (SSSR count). The van der Waals surface area contributed by atoms with Gasteiger partial charge in [0.2, 0.25) is 5.91 Å². The number of hydrogen-bond acceptors (Lipinski definition) is 2. The highest BCUT2D eigenvalue weighted by molar-refractivity contribution is 5.79. The van der Waals surface area contributed by atoms with E-state index in [1.807, 2.05) is 4.90 Å². The number of hydrogen-bond donors (Lipinski definition) is 1. The van der Waals surface area contributed by atoms with Crippen LogP contribution >= 0.6 is 0 Å². The van der Waals surface area contributed by atoms with Gasteiger partial charge < -0.3 is 10.2 Å². The smallest absolute Gasteiger partial charge is 0.227 e. The van der Waals surface area contributed by atoms with E-state index in [4.69, 9.17) is 0 Å². The summed E-state index contributed by atoms with van der Waals surface area (Å²) in [4.78, 5) is 14.7. The first-order valence-electron chi connectivity index (χ1n) is 8.06. The maximum atomic E-state index is 12.7. The van der Waals surface area contributed by atoms with Crippen LogP contribution in [0, 0.1) is 13.8 Å². The molecule has 1 saturated heterocycles. The fraction of sp³-hybridized carbons (Fsp3) is 0.611. The number of carbonyl (C=O) groups excluding carboxylic acids is 1. The molecule has 116 valence electrons. The van der Waals surface area contributed by atoms with E-state index in [0.29, 0.717) is 12.5 Å². The second kappa shape index (κ2) is 7.08. The number of carbonyl (C=O) groups is 1. The maximum absolute atomic E-state index is 12.7. The van der Waals surface area contributed by atoms with Crippen molar-refractivity contribution in [1.82, 2.24) is 10.2 Å². The minimum atomic E-state index is 0.243. The average Bonchev–Trinajstić information content (AvgIpc) is 2.92. The van der Waals surface area contributed by atoms with E-state index in [2.05, 4.69) is 51.2 Å². The predicted molar refractivity (Wildman–Crippen MR) is 87.5 cm³/mol. The summed E-state index contributed by atoms with van der Waals surface area (Å²) >= 11 is 0. The van der Waals surface area contributed by atoms with Crippen LogP contribution in [0.5, 0.6) is 0 Å². The second-order valence-corrected chi connectivity index (χ2v) is 6.54. The zero-order valence-electron chi connectivity index (χ0n) is 13.8. The summed E-state index contributed by atoms with van der Waals surface area (Å²) in [5.74, 6) is 0.243. The summed E-state index contributed by atoms with van der Waals surface area (Å²) in [5, 5.41) is 3.49. The molecule has 0 aliphatic carbocycles. The van der Waals surface area contributed by atoms with Crippen molar-refractivity contribution < 1.29 is 4.79 Å². The first-order chi connectivity index (χ1) is 9.97. The van der Waals surface area contributed by atoms with E-state index in [0.717, 1.165) is 18.7 Å². The Morgan fingerprint density at radius 3 is 2.76 bits per heavy atom. The fourth-order valence-electron chi connectivity index (χ4n) is 3.01. The van der Waals surface area contributed by atoms with Crippen molar-refractivity contribution in [1.29, 1.82) is 0 Å². The van der Waals surface area contributed by atoms with Gasteiger partial charge in [0.1, 0.15) is 0 Å². The Labute approximate surface area is 128 Å². The Kier molecular flexibility index (Phi) is 5.40. The minimum absolute atomic E-state index is 0.243. The Balaban J connectivity index is 2.05. The molecular weight excluding hydrogens is 260 g/mol. The molecule has 0 bridgehead atoms. The topological polar surface area (TPSA) is 32.3 Å². The molecule has 0 spiro atoms. The van der Waals surface area contributed by atoms with Gasteiger partial charge in [-0.3, -0.25) is 4.79 Å². The summed E-state index contributed by atoms with van der Waals surface area (Å²) < 4.78 is 0. The van der Waals surface area contributed by atoms with Gasteiger partial charge in [0, 0.05) is 18.6 Å². The van der Waals surface area contributed by atoms with Crippen LogP contribution in [0.3, 0.4) is 0 Å². The van der Waals surface area contributed by atoms with E-state index in [1.54, 1.807) is 0 Å². The lowest BCUT2D eigenvalue weighted by Crippen LogP contribution is -2.45. The zero-order chi connectivity index (χ0) is 15.4. The molecule has 0 radical (unpaired) electrons. The summed E-state index contributed by atoms with van der Waals surface area (Å²) in [6, 6.07) is 7.07. The number of nitrogens with one attached hydrogen (secondary N) is 1. The van der Waals surface area contributed by atoms with Crippen molar-refractivity contribution in [3.8, 4) is 0 Å². The Hall–Kier alpha value is -1.35. The molecule has 1 heterocycles. The monoisotopic (exact) mass is 288 g/mol. The van der Waals surface area contributed by atoms with Gasteiger partial charge in [-0.1, -0.05) is 23.8 Å². The highest BCUT2D eigenvalue weighted by Crippen LogP contribution is 2.15. The summed E-state index contributed by atoms with van der Waals surface area (Å²) in [6.45, 7) is 10.3. The number of benzene rings is 1. The van der Waals surface area contributed by atoms with Crippen LogP contribution in [0.1, 0.15) is 43.4 Å². The van der Waals surface area contributed by atoms with Gasteiger partial charge in [0.05, 0.1) is 6.42 Å². The van der Waals surface area contributed by atoms with Crippen LogP contribution in [-0.2, 0) is 11.2 Å². The van der Waals surface area contributed by atoms with Crippen molar-refractivity contribution in [3.63, 3.8) is 0 Å². The summed E-state index contributed by atoms with van der Waals surface area (Å²) in [6.07, 6.45) is 2.92. The highest BCUT2D eigenvalue weighted by atomic mass is 16.2. The molecule has 21 heavy (non-hydrogen) atoms. The van der Waals surface area contributed by atoms with Crippen LogP contribution in [-0.4, -0.2) is 36.0 Å². The number of nitrogens with zero attached hydrogens (tertiary/aromatic N) is 1.